The Morgan fingerprint density at radius 2 is 1.81 bits per heavy atom. The Labute approximate surface area is 101 Å². The second-order valence-electron chi connectivity index (χ2n) is 4.22. The highest BCUT2D eigenvalue weighted by molar-refractivity contribution is 6.18. The Kier molecular flexibility index (Phi) is 6.88. The first kappa shape index (κ1) is 15.0. The van der Waals surface area contributed by atoms with Gasteiger partial charge in [-0.2, -0.15) is 0 Å². The zero-order valence-electron chi connectivity index (χ0n) is 9.93. The zero-order chi connectivity index (χ0) is 12.6. The molecular weight excluding hydrogens is 232 g/mol. The minimum Gasteiger partial charge on any atom is -0.444 e. The van der Waals surface area contributed by atoms with Crippen LogP contribution in [0.1, 0.15) is 27.2 Å². The minimum absolute atomic E-state index is 0.142. The first-order valence-corrected chi connectivity index (χ1v) is 5.68. The SMILES string of the molecule is CC(C)(C)OC(=O)NCCC(=O)NCCCl. The van der Waals surface area contributed by atoms with E-state index in [1.54, 1.807) is 20.8 Å². The predicted octanol–water partition coefficient (Wildman–Crippen LogP) is 1.26. The largest absolute Gasteiger partial charge is 0.444 e. The number of alkyl halides is 1. The van der Waals surface area contributed by atoms with E-state index in [0.717, 1.165) is 0 Å². The molecule has 5 nitrogen and oxygen atoms in total. The number of hydrogen-bond acceptors (Lipinski definition) is 3. The molecule has 0 rings (SSSR count). The summed E-state index contributed by atoms with van der Waals surface area (Å²) < 4.78 is 5.00. The van der Waals surface area contributed by atoms with Crippen LogP contribution < -0.4 is 10.6 Å². The second-order valence-corrected chi connectivity index (χ2v) is 4.60. The molecule has 0 atom stereocenters. The molecule has 0 bridgehead atoms. The number of halogens is 1. The van der Waals surface area contributed by atoms with Gasteiger partial charge in [0.25, 0.3) is 0 Å². The number of nitrogens with one attached hydrogen (secondary N) is 2. The molecule has 0 radical (unpaired) electrons. The van der Waals surface area contributed by atoms with Gasteiger partial charge in [0.15, 0.2) is 0 Å². The summed E-state index contributed by atoms with van der Waals surface area (Å²) in [6.07, 6.45) is -0.298. The number of hydrogen-bond donors (Lipinski definition) is 2. The first-order chi connectivity index (χ1) is 7.35. The highest BCUT2D eigenvalue weighted by atomic mass is 35.5. The standard InChI is InChI=1S/C10H19ClN2O3/c1-10(2,3)16-9(15)13-6-4-8(14)12-7-5-11/h4-7H2,1-3H3,(H,12,14)(H,13,15). The monoisotopic (exact) mass is 250 g/mol. The fourth-order valence-electron chi connectivity index (χ4n) is 0.867. The van der Waals surface area contributed by atoms with Crippen LogP contribution in [0.5, 0.6) is 0 Å². The zero-order valence-corrected chi connectivity index (χ0v) is 10.7. The van der Waals surface area contributed by atoms with Gasteiger partial charge in [-0.3, -0.25) is 4.79 Å². The van der Waals surface area contributed by atoms with Gasteiger partial charge in [-0.15, -0.1) is 11.6 Å². The predicted molar refractivity (Wildman–Crippen MR) is 62.6 cm³/mol. The highest BCUT2D eigenvalue weighted by Gasteiger charge is 2.15. The number of carbonyl (C=O) groups is 2. The summed E-state index contributed by atoms with van der Waals surface area (Å²) in [6.45, 7) is 6.02. The summed E-state index contributed by atoms with van der Waals surface area (Å²) in [5.41, 5.74) is -0.523. The van der Waals surface area contributed by atoms with Crippen LogP contribution >= 0.6 is 11.6 Å². The number of ether oxygens (including phenoxy) is 1. The Morgan fingerprint density at radius 3 is 2.31 bits per heavy atom. The fourth-order valence-corrected chi connectivity index (χ4v) is 0.962. The molecule has 16 heavy (non-hydrogen) atoms. The molecule has 0 aromatic heterocycles. The van der Waals surface area contributed by atoms with Crippen LogP contribution in [0.4, 0.5) is 4.79 Å². The molecule has 0 saturated heterocycles. The normalized spacial score (nSPS) is 10.8. The summed E-state index contributed by atoms with van der Waals surface area (Å²) in [6, 6.07) is 0. The van der Waals surface area contributed by atoms with Crippen LogP contribution in [-0.2, 0) is 9.53 Å². The van der Waals surface area contributed by atoms with E-state index >= 15 is 0 Å². The molecule has 0 spiro atoms. The summed E-state index contributed by atoms with van der Waals surface area (Å²) in [4.78, 5) is 22.3. The van der Waals surface area contributed by atoms with E-state index in [2.05, 4.69) is 10.6 Å². The molecule has 0 unspecified atom stereocenters. The molecule has 2 N–H and O–H groups in total. The van der Waals surface area contributed by atoms with Gasteiger partial charge < -0.3 is 15.4 Å². The van der Waals surface area contributed by atoms with Gasteiger partial charge in [-0.05, 0) is 20.8 Å². The van der Waals surface area contributed by atoms with Crippen molar-refractivity contribution < 1.29 is 14.3 Å². The molecule has 0 saturated carbocycles. The van der Waals surface area contributed by atoms with Crippen molar-refractivity contribution in [3.63, 3.8) is 0 Å². The van der Waals surface area contributed by atoms with Gasteiger partial charge in [0.2, 0.25) is 5.91 Å². The van der Waals surface area contributed by atoms with E-state index in [0.29, 0.717) is 12.4 Å². The fraction of sp³-hybridized carbons (Fsp3) is 0.800. The van der Waals surface area contributed by atoms with Crippen LogP contribution in [0.25, 0.3) is 0 Å². The third-order valence-corrected chi connectivity index (χ3v) is 1.63. The Hall–Kier alpha value is -0.970. The highest BCUT2D eigenvalue weighted by Crippen LogP contribution is 2.06. The van der Waals surface area contributed by atoms with Crippen molar-refractivity contribution >= 4 is 23.6 Å². The number of amides is 2. The average molecular weight is 251 g/mol. The Balaban J connectivity index is 3.58. The van der Waals surface area contributed by atoms with Crippen LogP contribution in [-0.4, -0.2) is 36.6 Å². The maximum absolute atomic E-state index is 11.2. The van der Waals surface area contributed by atoms with Gasteiger partial charge in [0.05, 0.1) is 0 Å². The van der Waals surface area contributed by atoms with Crippen molar-refractivity contribution in [3.8, 4) is 0 Å². The first-order valence-electron chi connectivity index (χ1n) is 5.14. The van der Waals surface area contributed by atoms with Crippen molar-refractivity contribution in [2.45, 2.75) is 32.8 Å². The smallest absolute Gasteiger partial charge is 0.407 e. The van der Waals surface area contributed by atoms with Crippen molar-refractivity contribution in [1.82, 2.24) is 10.6 Å². The van der Waals surface area contributed by atoms with Crippen molar-refractivity contribution in [3.05, 3.63) is 0 Å². The van der Waals surface area contributed by atoms with E-state index in [4.69, 9.17) is 16.3 Å². The summed E-state index contributed by atoms with van der Waals surface area (Å²) >= 11 is 5.40. The number of carbonyl (C=O) groups excluding carboxylic acids is 2. The molecule has 94 valence electrons. The lowest BCUT2D eigenvalue weighted by Gasteiger charge is -2.19. The molecule has 6 heteroatoms. The quantitative estimate of drug-likeness (QED) is 0.722. The van der Waals surface area contributed by atoms with Gasteiger partial charge in [0, 0.05) is 25.4 Å². The Bertz CT molecular complexity index is 239. The van der Waals surface area contributed by atoms with E-state index in [-0.39, 0.29) is 18.9 Å². The summed E-state index contributed by atoms with van der Waals surface area (Å²) in [7, 11) is 0. The molecule has 0 aliphatic heterocycles. The van der Waals surface area contributed by atoms with Crippen molar-refractivity contribution in [2.24, 2.45) is 0 Å². The van der Waals surface area contributed by atoms with Crippen LogP contribution in [0.3, 0.4) is 0 Å². The molecular formula is C10H19ClN2O3. The third kappa shape index (κ3) is 9.58. The molecule has 2 amide bonds. The van der Waals surface area contributed by atoms with E-state index in [9.17, 15) is 9.59 Å². The Morgan fingerprint density at radius 1 is 1.19 bits per heavy atom. The lowest BCUT2D eigenvalue weighted by molar-refractivity contribution is -0.120. The summed E-state index contributed by atoms with van der Waals surface area (Å²) in [5.74, 6) is 0.238. The second kappa shape index (κ2) is 7.33. The summed E-state index contributed by atoms with van der Waals surface area (Å²) in [5, 5.41) is 5.08. The van der Waals surface area contributed by atoms with Crippen LogP contribution in [0.2, 0.25) is 0 Å². The molecule has 0 aromatic carbocycles. The minimum atomic E-state index is -0.523. The molecule has 0 aliphatic carbocycles. The number of alkyl carbamates (subject to hydrolysis) is 1. The maximum Gasteiger partial charge on any atom is 0.407 e. The van der Waals surface area contributed by atoms with E-state index in [1.807, 2.05) is 0 Å². The average Bonchev–Trinajstić information content (AvgIpc) is 2.11. The van der Waals surface area contributed by atoms with Crippen molar-refractivity contribution in [1.29, 1.82) is 0 Å². The van der Waals surface area contributed by atoms with E-state index in [1.165, 1.54) is 0 Å². The van der Waals surface area contributed by atoms with Gasteiger partial charge in [0.1, 0.15) is 5.60 Å². The lowest BCUT2D eigenvalue weighted by Crippen LogP contribution is -2.35. The molecule has 0 fully saturated rings. The van der Waals surface area contributed by atoms with Crippen LogP contribution in [0.15, 0.2) is 0 Å². The topological polar surface area (TPSA) is 67.4 Å². The van der Waals surface area contributed by atoms with E-state index < -0.39 is 11.7 Å². The third-order valence-electron chi connectivity index (χ3n) is 1.44. The van der Waals surface area contributed by atoms with Crippen molar-refractivity contribution in [2.75, 3.05) is 19.0 Å². The molecule has 0 aromatic rings. The lowest BCUT2D eigenvalue weighted by atomic mass is 10.2. The van der Waals surface area contributed by atoms with Gasteiger partial charge in [-0.1, -0.05) is 0 Å². The number of rotatable bonds is 5. The molecule has 0 aliphatic rings. The van der Waals surface area contributed by atoms with Gasteiger partial charge >= 0.3 is 6.09 Å². The van der Waals surface area contributed by atoms with Gasteiger partial charge in [-0.25, -0.2) is 4.79 Å². The van der Waals surface area contributed by atoms with Crippen LogP contribution in [0, 0.1) is 0 Å². The molecule has 0 heterocycles. The maximum atomic E-state index is 11.2.